The summed E-state index contributed by atoms with van der Waals surface area (Å²) >= 11 is 16.1. The molecule has 0 spiro atoms. The zero-order chi connectivity index (χ0) is 14.7. The molecule has 0 aliphatic carbocycles. The number of carbonyl (C=O) groups is 3. The SMILES string of the molecule is O=C(CCl)NCP(CNC(=O)CCl)CNC(=O)CCl. The minimum absolute atomic E-state index is 0.134. The second-order valence-corrected chi connectivity index (χ2v) is 6.44. The Kier molecular flexibility index (Phi) is 11.4. The molecule has 3 amide bonds. The molecule has 0 rings (SSSR count). The van der Waals surface area contributed by atoms with Crippen molar-refractivity contribution in [3.8, 4) is 0 Å². The lowest BCUT2D eigenvalue weighted by Crippen LogP contribution is -2.33. The van der Waals surface area contributed by atoms with E-state index in [0.717, 1.165) is 0 Å². The molecule has 0 atom stereocenters. The summed E-state index contributed by atoms with van der Waals surface area (Å²) < 4.78 is 0. The Labute approximate surface area is 127 Å². The molecular formula is C9H15Cl3N3O3P. The predicted molar refractivity (Wildman–Crippen MR) is 78.1 cm³/mol. The molecule has 0 aliphatic rings. The quantitative estimate of drug-likeness (QED) is 0.416. The van der Waals surface area contributed by atoms with Gasteiger partial charge in [-0.3, -0.25) is 14.4 Å². The fourth-order valence-electron chi connectivity index (χ4n) is 0.909. The van der Waals surface area contributed by atoms with Gasteiger partial charge < -0.3 is 16.0 Å². The van der Waals surface area contributed by atoms with E-state index in [9.17, 15) is 14.4 Å². The van der Waals surface area contributed by atoms with Crippen LogP contribution in [0.4, 0.5) is 0 Å². The van der Waals surface area contributed by atoms with Gasteiger partial charge in [0, 0.05) is 18.9 Å². The van der Waals surface area contributed by atoms with E-state index >= 15 is 0 Å². The fraction of sp³-hybridized carbons (Fsp3) is 0.667. The predicted octanol–water partition coefficient (Wildman–Crippen LogP) is 0.406. The van der Waals surface area contributed by atoms with E-state index in [0.29, 0.717) is 18.9 Å². The van der Waals surface area contributed by atoms with Crippen LogP contribution in [0.15, 0.2) is 0 Å². The topological polar surface area (TPSA) is 87.3 Å². The summed E-state index contributed by atoms with van der Waals surface area (Å²) in [6, 6.07) is 0. The van der Waals surface area contributed by atoms with E-state index < -0.39 is 7.92 Å². The van der Waals surface area contributed by atoms with Crippen molar-refractivity contribution in [2.24, 2.45) is 0 Å². The molecule has 0 saturated carbocycles. The highest BCUT2D eigenvalue weighted by atomic mass is 35.5. The highest BCUT2D eigenvalue weighted by Gasteiger charge is 2.12. The van der Waals surface area contributed by atoms with Crippen molar-refractivity contribution in [2.45, 2.75) is 0 Å². The van der Waals surface area contributed by atoms with E-state index in [1.165, 1.54) is 0 Å². The van der Waals surface area contributed by atoms with Crippen LogP contribution in [-0.4, -0.2) is 54.2 Å². The number of carbonyl (C=O) groups excluding carboxylic acids is 3. The largest absolute Gasteiger partial charge is 0.351 e. The van der Waals surface area contributed by atoms with Gasteiger partial charge in [0.15, 0.2) is 0 Å². The second kappa shape index (κ2) is 11.5. The molecule has 0 aromatic carbocycles. The Bertz CT molecular complexity index is 273. The molecule has 0 saturated heterocycles. The Morgan fingerprint density at radius 3 is 1.16 bits per heavy atom. The molecule has 0 heterocycles. The monoisotopic (exact) mass is 349 g/mol. The summed E-state index contributed by atoms with van der Waals surface area (Å²) in [4.78, 5) is 33.2. The first-order valence-corrected chi connectivity index (χ1v) is 8.74. The first-order valence-electron chi connectivity index (χ1n) is 5.23. The van der Waals surface area contributed by atoms with E-state index in [-0.39, 0.29) is 35.4 Å². The van der Waals surface area contributed by atoms with Crippen LogP contribution in [0.5, 0.6) is 0 Å². The van der Waals surface area contributed by atoms with Crippen LogP contribution in [0.3, 0.4) is 0 Å². The molecule has 10 heteroatoms. The van der Waals surface area contributed by atoms with E-state index in [1.807, 2.05) is 0 Å². The zero-order valence-electron chi connectivity index (χ0n) is 10.0. The van der Waals surface area contributed by atoms with Crippen LogP contribution in [0.1, 0.15) is 0 Å². The molecule has 0 aliphatic heterocycles. The fourth-order valence-corrected chi connectivity index (χ4v) is 2.73. The lowest BCUT2D eigenvalue weighted by molar-refractivity contribution is -0.119. The number of nitrogens with one attached hydrogen (secondary N) is 3. The van der Waals surface area contributed by atoms with Crippen molar-refractivity contribution in [3.63, 3.8) is 0 Å². The Morgan fingerprint density at radius 1 is 0.684 bits per heavy atom. The molecule has 0 fully saturated rings. The van der Waals surface area contributed by atoms with Gasteiger partial charge in [-0.05, 0) is 7.92 Å². The number of halogens is 3. The van der Waals surface area contributed by atoms with Gasteiger partial charge in [0.25, 0.3) is 0 Å². The van der Waals surface area contributed by atoms with Gasteiger partial charge in [-0.15, -0.1) is 34.8 Å². The van der Waals surface area contributed by atoms with Gasteiger partial charge in [0.05, 0.1) is 0 Å². The molecule has 0 aromatic rings. The summed E-state index contributed by atoms with van der Waals surface area (Å²) in [5, 5.41) is 7.82. The maximum Gasteiger partial charge on any atom is 0.235 e. The number of hydrogen-bond donors (Lipinski definition) is 3. The molecule has 3 N–H and O–H groups in total. The normalized spacial score (nSPS) is 10.1. The van der Waals surface area contributed by atoms with Crippen LogP contribution in [-0.2, 0) is 14.4 Å². The van der Waals surface area contributed by atoms with Gasteiger partial charge in [-0.2, -0.15) is 0 Å². The van der Waals surface area contributed by atoms with Crippen molar-refractivity contribution in [1.29, 1.82) is 0 Å². The minimum Gasteiger partial charge on any atom is -0.351 e. The van der Waals surface area contributed by atoms with Gasteiger partial charge >= 0.3 is 0 Å². The number of amides is 3. The van der Waals surface area contributed by atoms with Crippen molar-refractivity contribution in [1.82, 2.24) is 16.0 Å². The Hall–Kier alpha value is -0.290. The third-order valence-corrected chi connectivity index (χ3v) is 4.41. The summed E-state index contributed by atoms with van der Waals surface area (Å²) in [5.41, 5.74) is 0. The summed E-state index contributed by atoms with van der Waals surface area (Å²) in [6.07, 6.45) is 1.02. The molecule has 0 bridgehead atoms. The third-order valence-electron chi connectivity index (χ3n) is 1.86. The number of alkyl halides is 3. The lowest BCUT2D eigenvalue weighted by Gasteiger charge is -2.18. The zero-order valence-corrected chi connectivity index (χ0v) is 13.2. The lowest BCUT2D eigenvalue weighted by atomic mass is 10.7. The van der Waals surface area contributed by atoms with E-state index in [4.69, 9.17) is 34.8 Å². The molecule has 19 heavy (non-hydrogen) atoms. The first kappa shape index (κ1) is 18.7. The van der Waals surface area contributed by atoms with Crippen LogP contribution in [0.2, 0.25) is 0 Å². The molecule has 110 valence electrons. The first-order chi connectivity index (χ1) is 9.03. The summed E-state index contributed by atoms with van der Waals surface area (Å²) in [5.74, 6) is -1.31. The molecule has 6 nitrogen and oxygen atoms in total. The van der Waals surface area contributed by atoms with Crippen LogP contribution in [0, 0.1) is 0 Å². The van der Waals surface area contributed by atoms with Crippen LogP contribution in [0.25, 0.3) is 0 Å². The second-order valence-electron chi connectivity index (χ2n) is 3.35. The van der Waals surface area contributed by atoms with Gasteiger partial charge in [-0.25, -0.2) is 0 Å². The van der Waals surface area contributed by atoms with Crippen molar-refractivity contribution < 1.29 is 14.4 Å². The molecule has 0 radical (unpaired) electrons. The minimum atomic E-state index is -0.847. The average Bonchev–Trinajstić information content (AvgIpc) is 2.44. The maximum absolute atomic E-state index is 11.1. The van der Waals surface area contributed by atoms with Crippen molar-refractivity contribution >= 4 is 60.4 Å². The standard InChI is InChI=1S/C9H15Cl3N3O3P/c10-1-7(16)13-4-19(5-14-8(17)2-11)6-15-9(18)3-12/h1-6H2,(H,13,16)(H,14,17)(H,15,18). The molecular weight excluding hydrogens is 335 g/mol. The van der Waals surface area contributed by atoms with Gasteiger partial charge in [0.1, 0.15) is 17.6 Å². The summed E-state index contributed by atoms with van der Waals surface area (Å²) in [7, 11) is -0.847. The molecule has 0 aromatic heterocycles. The van der Waals surface area contributed by atoms with Crippen LogP contribution >= 0.6 is 42.7 Å². The van der Waals surface area contributed by atoms with E-state index in [1.54, 1.807) is 0 Å². The molecule has 0 unspecified atom stereocenters. The number of rotatable bonds is 9. The van der Waals surface area contributed by atoms with Crippen LogP contribution < -0.4 is 16.0 Å². The van der Waals surface area contributed by atoms with Crippen molar-refractivity contribution in [2.75, 3.05) is 36.5 Å². The Balaban J connectivity index is 4.16. The van der Waals surface area contributed by atoms with Crippen molar-refractivity contribution in [3.05, 3.63) is 0 Å². The summed E-state index contributed by atoms with van der Waals surface area (Å²) in [6.45, 7) is 0. The Morgan fingerprint density at radius 2 is 0.947 bits per heavy atom. The smallest absolute Gasteiger partial charge is 0.235 e. The highest BCUT2D eigenvalue weighted by Crippen LogP contribution is 2.30. The number of hydrogen-bond acceptors (Lipinski definition) is 3. The highest BCUT2D eigenvalue weighted by molar-refractivity contribution is 7.57. The van der Waals surface area contributed by atoms with E-state index in [2.05, 4.69) is 16.0 Å². The van der Waals surface area contributed by atoms with Gasteiger partial charge in [-0.1, -0.05) is 0 Å². The van der Waals surface area contributed by atoms with Gasteiger partial charge in [0.2, 0.25) is 17.7 Å². The maximum atomic E-state index is 11.1. The average molecular weight is 351 g/mol. The third kappa shape index (κ3) is 10.2.